The summed E-state index contributed by atoms with van der Waals surface area (Å²) in [6, 6.07) is 3.63. The highest BCUT2D eigenvalue weighted by atomic mass is 19.4. The molecule has 2 aliphatic rings. The number of carbonyl (C=O) groups excluding carboxylic acids is 1. The van der Waals surface area contributed by atoms with Gasteiger partial charge in [-0.25, -0.2) is 4.98 Å². The van der Waals surface area contributed by atoms with Gasteiger partial charge in [-0.1, -0.05) is 41.5 Å². The molecule has 2 heterocycles. The molecule has 4 nitrogen and oxygen atoms in total. The normalized spacial score (nSPS) is 26.5. The number of aromatic nitrogens is 2. The summed E-state index contributed by atoms with van der Waals surface area (Å²) < 4.78 is 39.7. The number of benzene rings is 1. The van der Waals surface area contributed by atoms with Gasteiger partial charge in [0.25, 0.3) is 0 Å². The van der Waals surface area contributed by atoms with E-state index in [9.17, 15) is 18.0 Å². The number of nitrogens with one attached hydrogen (secondary N) is 1. The van der Waals surface area contributed by atoms with Gasteiger partial charge in [0, 0.05) is 23.4 Å². The molecule has 1 aromatic carbocycles. The molecule has 7 heteroatoms. The summed E-state index contributed by atoms with van der Waals surface area (Å²) in [6.07, 6.45) is -3.94. The van der Waals surface area contributed by atoms with Crippen LogP contribution < -0.4 is 0 Å². The van der Waals surface area contributed by atoms with Crippen LogP contribution in [0.25, 0.3) is 11.0 Å². The largest absolute Gasteiger partial charge is 0.471 e. The number of rotatable bonds is 0. The van der Waals surface area contributed by atoms with Crippen LogP contribution in [0.3, 0.4) is 0 Å². The van der Waals surface area contributed by atoms with E-state index in [1.54, 1.807) is 0 Å². The van der Waals surface area contributed by atoms with Crippen LogP contribution in [0.2, 0.25) is 0 Å². The highest BCUT2D eigenvalue weighted by Crippen LogP contribution is 2.56. The van der Waals surface area contributed by atoms with Gasteiger partial charge in [0.05, 0.1) is 11.0 Å². The predicted molar refractivity (Wildman–Crippen MR) is 106 cm³/mol. The minimum absolute atomic E-state index is 0.119. The number of hydrogen-bond acceptors (Lipinski definition) is 2. The molecule has 0 radical (unpaired) electrons. The summed E-state index contributed by atoms with van der Waals surface area (Å²) in [5, 5.41) is 0. The summed E-state index contributed by atoms with van der Waals surface area (Å²) >= 11 is 0. The van der Waals surface area contributed by atoms with E-state index in [1.807, 2.05) is 19.9 Å². The number of alkyl halides is 3. The first-order chi connectivity index (χ1) is 13.2. The van der Waals surface area contributed by atoms with Crippen molar-refractivity contribution in [2.24, 2.45) is 5.41 Å². The fraction of sp³-hybridized carbons (Fsp3) is 0.636. The van der Waals surface area contributed by atoms with Crippen molar-refractivity contribution in [3.8, 4) is 0 Å². The van der Waals surface area contributed by atoms with Gasteiger partial charge in [0.1, 0.15) is 5.82 Å². The van der Waals surface area contributed by atoms with Gasteiger partial charge in [0.15, 0.2) is 0 Å². The van der Waals surface area contributed by atoms with Gasteiger partial charge in [-0.2, -0.15) is 13.2 Å². The molecule has 158 valence electrons. The summed E-state index contributed by atoms with van der Waals surface area (Å²) in [6.45, 7) is 12.5. The molecular weight excluding hydrogens is 379 g/mol. The van der Waals surface area contributed by atoms with Crippen LogP contribution in [-0.4, -0.2) is 39.5 Å². The Balaban J connectivity index is 1.86. The van der Waals surface area contributed by atoms with E-state index in [4.69, 9.17) is 4.98 Å². The molecule has 1 amide bonds. The molecule has 2 atom stereocenters. The van der Waals surface area contributed by atoms with Crippen molar-refractivity contribution in [1.29, 1.82) is 0 Å². The van der Waals surface area contributed by atoms with Crippen LogP contribution in [-0.2, 0) is 22.0 Å². The number of amides is 1. The maximum atomic E-state index is 13.2. The summed E-state index contributed by atoms with van der Waals surface area (Å²) in [5.41, 5.74) is 2.99. The van der Waals surface area contributed by atoms with Gasteiger partial charge in [-0.3, -0.25) is 4.79 Å². The van der Waals surface area contributed by atoms with Crippen LogP contribution in [0.4, 0.5) is 13.2 Å². The second-order valence-corrected chi connectivity index (χ2v) is 10.4. The molecular formula is C22H28F3N3O. The van der Waals surface area contributed by atoms with Crippen molar-refractivity contribution in [3.05, 3.63) is 29.1 Å². The molecule has 1 N–H and O–H groups in total. The zero-order valence-electron chi connectivity index (χ0n) is 17.8. The molecule has 1 saturated heterocycles. The number of imidazole rings is 1. The lowest BCUT2D eigenvalue weighted by Gasteiger charge is -2.60. The molecule has 2 bridgehead atoms. The molecule has 4 rings (SSSR count). The first kappa shape index (κ1) is 20.2. The lowest BCUT2D eigenvalue weighted by atomic mass is 9.51. The highest BCUT2D eigenvalue weighted by molar-refractivity contribution is 5.83. The molecule has 29 heavy (non-hydrogen) atoms. The van der Waals surface area contributed by atoms with Gasteiger partial charge < -0.3 is 9.88 Å². The third-order valence-electron chi connectivity index (χ3n) is 7.41. The molecule has 1 aromatic heterocycles. The Hall–Kier alpha value is -2.05. The number of likely N-dealkylation sites (tertiary alicyclic amines) is 1. The van der Waals surface area contributed by atoms with E-state index >= 15 is 0 Å². The number of aromatic amines is 1. The molecule has 1 aliphatic carbocycles. The average Bonchev–Trinajstić information content (AvgIpc) is 2.99. The van der Waals surface area contributed by atoms with E-state index in [0.29, 0.717) is 12.8 Å². The monoisotopic (exact) mass is 407 g/mol. The second kappa shape index (κ2) is 5.76. The van der Waals surface area contributed by atoms with Crippen molar-refractivity contribution in [2.75, 3.05) is 6.54 Å². The number of nitrogens with zero attached hydrogens (tertiary/aromatic N) is 2. The molecule has 1 fully saturated rings. The Bertz CT molecular complexity index is 999. The van der Waals surface area contributed by atoms with Crippen molar-refractivity contribution < 1.29 is 18.0 Å². The number of carbonyl (C=O) groups is 1. The van der Waals surface area contributed by atoms with Gasteiger partial charge >= 0.3 is 12.1 Å². The third-order valence-corrected chi connectivity index (χ3v) is 7.41. The van der Waals surface area contributed by atoms with Gasteiger partial charge in [0.2, 0.25) is 0 Å². The van der Waals surface area contributed by atoms with E-state index in [1.165, 1.54) is 0 Å². The number of H-pyrrole nitrogens is 1. The van der Waals surface area contributed by atoms with Crippen molar-refractivity contribution >= 4 is 16.9 Å². The fourth-order valence-corrected chi connectivity index (χ4v) is 5.18. The lowest BCUT2D eigenvalue weighted by molar-refractivity contribution is -0.195. The summed E-state index contributed by atoms with van der Waals surface area (Å²) in [5.74, 6) is -0.838. The highest BCUT2D eigenvalue weighted by Gasteiger charge is 2.59. The average molecular weight is 407 g/mol. The van der Waals surface area contributed by atoms with E-state index in [2.05, 4.69) is 38.7 Å². The molecule has 2 aromatic rings. The Kier molecular flexibility index (Phi) is 4.02. The predicted octanol–water partition coefficient (Wildman–Crippen LogP) is 4.86. The Morgan fingerprint density at radius 1 is 1.21 bits per heavy atom. The molecule has 0 unspecified atom stereocenters. The number of hydrogen-bond donors (Lipinski definition) is 1. The van der Waals surface area contributed by atoms with Gasteiger partial charge in [-0.05, 0) is 41.5 Å². The minimum atomic E-state index is -4.85. The van der Waals surface area contributed by atoms with Crippen LogP contribution >= 0.6 is 0 Å². The van der Waals surface area contributed by atoms with Crippen molar-refractivity contribution in [2.45, 2.75) is 77.4 Å². The topological polar surface area (TPSA) is 49.0 Å². The molecule has 0 saturated carbocycles. The zero-order valence-corrected chi connectivity index (χ0v) is 17.8. The first-order valence-corrected chi connectivity index (χ1v) is 10.1. The smallest absolute Gasteiger partial charge is 0.342 e. The number of halogens is 3. The minimum Gasteiger partial charge on any atom is -0.342 e. The fourth-order valence-electron chi connectivity index (χ4n) is 5.18. The van der Waals surface area contributed by atoms with Gasteiger partial charge in [-0.15, -0.1) is 0 Å². The second-order valence-electron chi connectivity index (χ2n) is 10.4. The van der Waals surface area contributed by atoms with E-state index < -0.39 is 23.5 Å². The van der Waals surface area contributed by atoms with E-state index in [-0.39, 0.29) is 17.4 Å². The van der Waals surface area contributed by atoms with Crippen LogP contribution in [0, 0.1) is 5.41 Å². The first-order valence-electron chi connectivity index (χ1n) is 10.1. The summed E-state index contributed by atoms with van der Waals surface area (Å²) in [7, 11) is 0. The van der Waals surface area contributed by atoms with Crippen LogP contribution in [0.1, 0.15) is 64.9 Å². The van der Waals surface area contributed by atoms with E-state index in [0.717, 1.165) is 32.9 Å². The quantitative estimate of drug-likeness (QED) is 0.678. The third kappa shape index (κ3) is 2.80. The number of piperidine rings is 1. The molecule has 1 aliphatic heterocycles. The lowest BCUT2D eigenvalue weighted by Crippen LogP contribution is -2.66. The SMILES string of the molecule is CC(C)(C)c1nc2cc3c(cc2[nH]1)C[C@@H]1N(C(=O)C(F)(F)F)CC[C@]3(C)C1(C)C. The Labute approximate surface area is 168 Å². The standard InChI is InChI=1S/C22H28F3N3O/c1-19(2,3)17-26-14-9-12-10-16-20(4,5)21(6,13(12)11-15(14)27-17)7-8-28(16)18(29)22(23,24)25/h9,11,16H,7-8,10H2,1-6H3,(H,26,27)/t16-,21-/m0/s1. The Morgan fingerprint density at radius 2 is 1.86 bits per heavy atom. The van der Waals surface area contributed by atoms with Crippen LogP contribution in [0.5, 0.6) is 0 Å². The maximum absolute atomic E-state index is 13.2. The summed E-state index contributed by atoms with van der Waals surface area (Å²) in [4.78, 5) is 21.3. The number of fused-ring (bicyclic) bond motifs is 5. The zero-order chi connectivity index (χ0) is 21.6. The van der Waals surface area contributed by atoms with Crippen LogP contribution in [0.15, 0.2) is 12.1 Å². The Morgan fingerprint density at radius 3 is 2.45 bits per heavy atom. The van der Waals surface area contributed by atoms with Crippen molar-refractivity contribution in [1.82, 2.24) is 14.9 Å². The van der Waals surface area contributed by atoms with Crippen molar-refractivity contribution in [3.63, 3.8) is 0 Å². The molecule has 0 spiro atoms. The maximum Gasteiger partial charge on any atom is 0.471 e.